The number of anilines is 1. The van der Waals surface area contributed by atoms with Crippen LogP contribution in [0.25, 0.3) is 0 Å². The van der Waals surface area contributed by atoms with Crippen molar-refractivity contribution in [3.63, 3.8) is 0 Å². The number of nitrogens with zero attached hydrogens (tertiary/aromatic N) is 1. The molecule has 9 heteroatoms. The number of hydrogen-bond acceptors (Lipinski definition) is 2. The van der Waals surface area contributed by atoms with Gasteiger partial charge in [0.15, 0.2) is 0 Å². The lowest BCUT2D eigenvalue weighted by Gasteiger charge is -2.23. The lowest BCUT2D eigenvalue weighted by Crippen LogP contribution is -2.43. The van der Waals surface area contributed by atoms with Gasteiger partial charge in [0.1, 0.15) is 6.54 Å². The van der Waals surface area contributed by atoms with E-state index in [2.05, 4.69) is 10.6 Å². The molecule has 2 aromatic rings. The van der Waals surface area contributed by atoms with Gasteiger partial charge in [0.05, 0.1) is 16.6 Å². The van der Waals surface area contributed by atoms with Crippen molar-refractivity contribution < 1.29 is 22.8 Å². The van der Waals surface area contributed by atoms with Crippen molar-refractivity contribution in [3.8, 4) is 0 Å². The Bertz CT molecular complexity index is 917. The largest absolute Gasteiger partial charge is 0.417 e. The molecule has 1 aliphatic rings. The summed E-state index contributed by atoms with van der Waals surface area (Å²) in [4.78, 5) is 26.0. The number of likely N-dealkylation sites (N-methyl/N-ethyl adjacent to an activating group) is 1. The second-order valence-electron chi connectivity index (χ2n) is 7.27. The molecule has 30 heavy (non-hydrogen) atoms. The third kappa shape index (κ3) is 5.66. The molecule has 0 bridgehead atoms. The Morgan fingerprint density at radius 3 is 2.43 bits per heavy atom. The average molecular weight is 440 g/mol. The zero-order chi connectivity index (χ0) is 21.9. The van der Waals surface area contributed by atoms with Crippen LogP contribution in [-0.4, -0.2) is 30.4 Å². The van der Waals surface area contributed by atoms with Crippen molar-refractivity contribution in [1.29, 1.82) is 0 Å². The molecule has 0 spiro atoms. The topological polar surface area (TPSA) is 61.4 Å². The molecule has 5 nitrogen and oxygen atoms in total. The highest BCUT2D eigenvalue weighted by molar-refractivity contribution is 6.31. The smallest absolute Gasteiger partial charge is 0.331 e. The second-order valence-corrected chi connectivity index (χ2v) is 7.68. The fraction of sp³-hybridized carbons (Fsp3) is 0.333. The summed E-state index contributed by atoms with van der Waals surface area (Å²) in [5.41, 5.74) is -0.0964. The third-order valence-electron chi connectivity index (χ3n) is 4.81. The summed E-state index contributed by atoms with van der Waals surface area (Å²) in [6.07, 6.45) is -2.60. The number of amides is 3. The molecule has 1 fully saturated rings. The maximum atomic E-state index is 13.0. The van der Waals surface area contributed by atoms with Crippen molar-refractivity contribution in [1.82, 2.24) is 10.2 Å². The number of benzene rings is 2. The maximum absolute atomic E-state index is 13.0. The van der Waals surface area contributed by atoms with E-state index in [1.807, 2.05) is 30.3 Å². The van der Waals surface area contributed by atoms with E-state index in [-0.39, 0.29) is 18.3 Å². The van der Waals surface area contributed by atoms with Gasteiger partial charge in [-0.2, -0.15) is 13.2 Å². The summed E-state index contributed by atoms with van der Waals surface area (Å²) in [5.74, 6) is -0.265. The van der Waals surface area contributed by atoms with Gasteiger partial charge in [0.25, 0.3) is 0 Å². The van der Waals surface area contributed by atoms with E-state index in [1.54, 1.807) is 0 Å². The highest BCUT2D eigenvalue weighted by Gasteiger charge is 2.35. The first-order chi connectivity index (χ1) is 14.1. The van der Waals surface area contributed by atoms with Crippen LogP contribution in [0.2, 0.25) is 5.02 Å². The Morgan fingerprint density at radius 1 is 1.17 bits per heavy atom. The summed E-state index contributed by atoms with van der Waals surface area (Å²) in [6, 6.07) is 12.1. The average Bonchev–Trinajstić information content (AvgIpc) is 3.52. The third-order valence-corrected chi connectivity index (χ3v) is 5.14. The van der Waals surface area contributed by atoms with E-state index < -0.39 is 28.7 Å². The highest BCUT2D eigenvalue weighted by Crippen LogP contribution is 2.41. The minimum Gasteiger partial charge on any atom is -0.331 e. The van der Waals surface area contributed by atoms with E-state index in [1.165, 1.54) is 18.0 Å². The van der Waals surface area contributed by atoms with E-state index >= 15 is 0 Å². The summed E-state index contributed by atoms with van der Waals surface area (Å²) in [7, 11) is 1.45. The normalized spacial score (nSPS) is 14.7. The molecule has 3 amide bonds. The van der Waals surface area contributed by atoms with Crippen LogP contribution in [0.1, 0.15) is 30.0 Å². The Labute approximate surface area is 177 Å². The number of carbonyl (C=O) groups excluding carboxylic acids is 2. The van der Waals surface area contributed by atoms with Crippen molar-refractivity contribution in [3.05, 3.63) is 64.7 Å². The van der Waals surface area contributed by atoms with Crippen molar-refractivity contribution in [2.75, 3.05) is 18.9 Å². The summed E-state index contributed by atoms with van der Waals surface area (Å²) < 4.78 is 38.9. The lowest BCUT2D eigenvalue weighted by molar-refractivity contribution is -0.137. The summed E-state index contributed by atoms with van der Waals surface area (Å²) >= 11 is 5.58. The van der Waals surface area contributed by atoms with Crippen molar-refractivity contribution >= 4 is 29.2 Å². The molecular formula is C21H21ClF3N3O2. The molecule has 2 aromatic carbocycles. The van der Waals surface area contributed by atoms with Crippen LogP contribution >= 0.6 is 11.6 Å². The molecule has 3 rings (SSSR count). The minimum atomic E-state index is -4.64. The Kier molecular flexibility index (Phi) is 6.55. The molecule has 2 N–H and O–H groups in total. The van der Waals surface area contributed by atoms with Crippen molar-refractivity contribution in [2.24, 2.45) is 5.92 Å². The number of rotatable bonds is 6. The van der Waals surface area contributed by atoms with Crippen LogP contribution in [0.15, 0.2) is 48.5 Å². The monoisotopic (exact) mass is 439 g/mol. The van der Waals surface area contributed by atoms with Gasteiger partial charge in [-0.15, -0.1) is 0 Å². The number of halogens is 4. The second kappa shape index (κ2) is 8.95. The summed E-state index contributed by atoms with van der Waals surface area (Å²) in [6.45, 7) is -0.317. The van der Waals surface area contributed by atoms with Gasteiger partial charge in [-0.3, -0.25) is 4.79 Å². The van der Waals surface area contributed by atoms with E-state index in [0.29, 0.717) is 5.92 Å². The van der Waals surface area contributed by atoms with Crippen LogP contribution in [0.5, 0.6) is 0 Å². The molecule has 160 valence electrons. The maximum Gasteiger partial charge on any atom is 0.417 e. The number of hydrogen-bond donors (Lipinski definition) is 2. The minimum absolute atomic E-state index is 0.0503. The van der Waals surface area contributed by atoms with E-state index in [0.717, 1.165) is 30.5 Å². The van der Waals surface area contributed by atoms with Gasteiger partial charge in [-0.25, -0.2) is 4.79 Å². The lowest BCUT2D eigenvalue weighted by atomic mass is 10.0. The highest BCUT2D eigenvalue weighted by atomic mass is 35.5. The first-order valence-electron chi connectivity index (χ1n) is 9.38. The SMILES string of the molecule is CN(CC(=O)Nc1ccc(Cl)c(C(F)(F)F)c1)C(=O)N[C@@H](c1ccccc1)C1CC1. The van der Waals surface area contributed by atoms with Crippen LogP contribution in [0.3, 0.4) is 0 Å². The van der Waals surface area contributed by atoms with Gasteiger partial charge in [0.2, 0.25) is 5.91 Å². The molecule has 0 radical (unpaired) electrons. The quantitative estimate of drug-likeness (QED) is 0.658. The molecule has 0 heterocycles. The first-order valence-corrected chi connectivity index (χ1v) is 9.76. The van der Waals surface area contributed by atoms with Crippen molar-refractivity contribution in [2.45, 2.75) is 25.1 Å². The van der Waals surface area contributed by atoms with Gasteiger partial charge in [0, 0.05) is 12.7 Å². The van der Waals surface area contributed by atoms with Crippen LogP contribution < -0.4 is 10.6 Å². The Morgan fingerprint density at radius 2 is 1.83 bits per heavy atom. The predicted molar refractivity (Wildman–Crippen MR) is 108 cm³/mol. The molecule has 1 atom stereocenters. The molecule has 1 aliphatic carbocycles. The zero-order valence-corrected chi connectivity index (χ0v) is 16.9. The molecule has 0 aliphatic heterocycles. The molecule has 1 saturated carbocycles. The van der Waals surface area contributed by atoms with E-state index in [4.69, 9.17) is 11.6 Å². The molecule has 0 unspecified atom stereocenters. The Hall–Kier alpha value is -2.74. The standard InChI is InChI=1S/C21H21ClF3N3O2/c1-28(20(30)27-19(14-7-8-14)13-5-3-2-4-6-13)12-18(29)26-15-9-10-17(22)16(11-15)21(23,24)25/h2-6,9-11,14,19H,7-8,12H2,1H3,(H,26,29)(H,27,30)/t19-/m0/s1. The van der Waals surface area contributed by atoms with Crippen LogP contribution in [-0.2, 0) is 11.0 Å². The first kappa shape index (κ1) is 22.0. The zero-order valence-electron chi connectivity index (χ0n) is 16.2. The number of carbonyl (C=O) groups is 2. The number of urea groups is 1. The predicted octanol–water partition coefficient (Wildman–Crippen LogP) is 5.09. The van der Waals surface area contributed by atoms with Gasteiger partial charge in [-0.05, 0) is 42.5 Å². The fourth-order valence-electron chi connectivity index (χ4n) is 3.11. The molecule has 0 saturated heterocycles. The van der Waals surface area contributed by atoms with Gasteiger partial charge >= 0.3 is 12.2 Å². The van der Waals surface area contributed by atoms with Crippen LogP contribution in [0.4, 0.5) is 23.7 Å². The Balaban J connectivity index is 1.59. The molecule has 0 aromatic heterocycles. The van der Waals surface area contributed by atoms with Crippen LogP contribution in [0, 0.1) is 5.92 Å². The summed E-state index contributed by atoms with van der Waals surface area (Å²) in [5, 5.41) is 4.86. The fourth-order valence-corrected chi connectivity index (χ4v) is 3.34. The van der Waals surface area contributed by atoms with Gasteiger partial charge < -0.3 is 15.5 Å². The van der Waals surface area contributed by atoms with Gasteiger partial charge in [-0.1, -0.05) is 41.9 Å². The molecular weight excluding hydrogens is 419 g/mol. The number of alkyl halides is 3. The number of nitrogens with one attached hydrogen (secondary N) is 2. The van der Waals surface area contributed by atoms with E-state index in [9.17, 15) is 22.8 Å².